The Kier molecular flexibility index (Phi) is 9.82. The van der Waals surface area contributed by atoms with Crippen molar-refractivity contribution in [3.8, 4) is 62.7 Å². The highest BCUT2D eigenvalue weighted by Crippen LogP contribution is 2.71. The lowest BCUT2D eigenvalue weighted by molar-refractivity contribution is 0.320. The van der Waals surface area contributed by atoms with E-state index in [4.69, 9.17) is 22.6 Å². The average Bonchev–Trinajstić information content (AvgIpc) is 4.09. The van der Waals surface area contributed by atoms with E-state index in [9.17, 15) is 10.5 Å². The molecule has 0 amide bonds. The summed E-state index contributed by atoms with van der Waals surface area (Å²) in [6.07, 6.45) is 16.4. The zero-order valence-corrected chi connectivity index (χ0v) is 35.4. The number of hydrogen-bond acceptors (Lipinski definition) is 9. The summed E-state index contributed by atoms with van der Waals surface area (Å²) < 4.78 is 12.5. The van der Waals surface area contributed by atoms with Crippen LogP contribution in [0.3, 0.4) is 0 Å². The molecule has 5 heterocycles. The smallest absolute Gasteiger partial charge is 0.263 e. The van der Waals surface area contributed by atoms with Gasteiger partial charge in [-0.25, -0.2) is 20.2 Å². The van der Waals surface area contributed by atoms with Gasteiger partial charge < -0.3 is 9.47 Å². The molecule has 0 N–H and O–H groups in total. The molecule has 9 rings (SSSR count). The summed E-state index contributed by atoms with van der Waals surface area (Å²) in [6.45, 7) is 20.1. The molecule has 0 aliphatic heterocycles. The quantitative estimate of drug-likeness (QED) is 0.110. The molecule has 0 atom stereocenters. The second kappa shape index (κ2) is 14.8. The highest BCUT2D eigenvalue weighted by molar-refractivity contribution is 7.30. The normalized spacial score (nSPS) is 17.4. The maximum absolute atomic E-state index is 9.50. The van der Waals surface area contributed by atoms with Crippen LogP contribution in [-0.4, -0.2) is 13.2 Å². The van der Waals surface area contributed by atoms with Crippen LogP contribution in [0.1, 0.15) is 116 Å². The number of rotatable bonds is 9. The first-order valence-corrected chi connectivity index (χ1v) is 23.5. The molecule has 6 nitrogen and oxygen atoms in total. The highest BCUT2D eigenvalue weighted by Gasteiger charge is 2.56. The van der Waals surface area contributed by atoms with E-state index in [0.717, 1.165) is 37.4 Å². The summed E-state index contributed by atoms with van der Waals surface area (Å²) in [6, 6.07) is 13.0. The molecular formula is C45H38N4O2S5. The van der Waals surface area contributed by atoms with Gasteiger partial charge in [0, 0.05) is 49.8 Å². The third-order valence-corrected chi connectivity index (χ3v) is 18.1. The van der Waals surface area contributed by atoms with Crippen LogP contribution in [0.2, 0.25) is 0 Å². The molecule has 2 spiro atoms. The van der Waals surface area contributed by atoms with Gasteiger partial charge in [-0.15, -0.1) is 56.7 Å². The van der Waals surface area contributed by atoms with Crippen LogP contribution in [0.25, 0.3) is 60.9 Å². The Balaban J connectivity index is 1.21. The molecule has 2 saturated carbocycles. The zero-order chi connectivity index (χ0) is 38.6. The number of nitrogens with zero attached hydrogens (tertiary/aromatic N) is 4. The van der Waals surface area contributed by atoms with Crippen molar-refractivity contribution >= 4 is 68.8 Å². The first kappa shape index (κ1) is 37.1. The largest absolute Gasteiger partial charge is 0.492 e. The molecule has 0 unspecified atom stereocenters. The third-order valence-electron chi connectivity index (χ3n) is 11.9. The molecule has 5 aromatic heterocycles. The van der Waals surface area contributed by atoms with Gasteiger partial charge in [-0.05, 0) is 97.7 Å². The van der Waals surface area contributed by atoms with Crippen LogP contribution in [0, 0.1) is 35.8 Å². The van der Waals surface area contributed by atoms with Crippen molar-refractivity contribution in [3.63, 3.8) is 0 Å². The highest BCUT2D eigenvalue weighted by atomic mass is 32.1. The minimum atomic E-state index is 0.00412. The standard InChI is InChI=1S/C45H38N4O2S5/c1-5-17-51-33-21-29(19-27(25-47)49-4)53-41(33)35-23-31-39(55-35)43-37(45(31)15-11-8-12-16-45)36-42(56-43)38-30(44(36)13-9-7-10-14-44)22-34(54-38)40-32(50-6-2)20-28(52-40)18-26(24-46)48-3/h18-23H,5-17H2,1-2H3/b26-18-,27-19+. The van der Waals surface area contributed by atoms with E-state index in [1.807, 2.05) is 65.2 Å². The van der Waals surface area contributed by atoms with Gasteiger partial charge in [-0.3, -0.25) is 0 Å². The van der Waals surface area contributed by atoms with E-state index in [-0.39, 0.29) is 22.2 Å². The summed E-state index contributed by atoms with van der Waals surface area (Å²) in [4.78, 5) is 18.9. The molecule has 56 heavy (non-hydrogen) atoms. The Morgan fingerprint density at radius 1 is 0.643 bits per heavy atom. The summed E-state index contributed by atoms with van der Waals surface area (Å²) in [5, 5.41) is 19.0. The number of ether oxygens (including phenoxy) is 2. The van der Waals surface area contributed by atoms with Gasteiger partial charge in [0.15, 0.2) is 0 Å². The van der Waals surface area contributed by atoms with Gasteiger partial charge in [0.2, 0.25) is 0 Å². The van der Waals surface area contributed by atoms with Crippen molar-refractivity contribution in [2.45, 2.75) is 95.3 Å². The molecule has 11 heteroatoms. The van der Waals surface area contributed by atoms with E-state index in [1.165, 1.54) is 105 Å². The summed E-state index contributed by atoms with van der Waals surface area (Å²) in [7, 11) is 0. The van der Waals surface area contributed by atoms with E-state index < -0.39 is 0 Å². The molecule has 0 aromatic carbocycles. The Morgan fingerprint density at radius 3 is 1.52 bits per heavy atom. The fourth-order valence-corrected chi connectivity index (χ4v) is 16.2. The van der Waals surface area contributed by atoms with Gasteiger partial charge in [0.25, 0.3) is 11.4 Å². The molecule has 0 bridgehead atoms. The summed E-state index contributed by atoms with van der Waals surface area (Å²) in [5.41, 5.74) is 6.47. The van der Waals surface area contributed by atoms with E-state index in [1.54, 1.807) is 46.0 Å². The Labute approximate surface area is 348 Å². The topological polar surface area (TPSA) is 74.8 Å². The molecule has 5 aromatic rings. The van der Waals surface area contributed by atoms with Crippen LogP contribution in [0.4, 0.5) is 0 Å². The monoisotopic (exact) mass is 826 g/mol. The second-order valence-electron chi connectivity index (χ2n) is 15.0. The van der Waals surface area contributed by atoms with E-state index >= 15 is 0 Å². The Hall–Kier alpha value is -4.46. The lowest BCUT2D eigenvalue weighted by Crippen LogP contribution is -2.34. The van der Waals surface area contributed by atoms with Crippen LogP contribution in [0.5, 0.6) is 11.5 Å². The van der Waals surface area contributed by atoms with Crippen LogP contribution >= 0.6 is 56.7 Å². The molecular weight excluding hydrogens is 789 g/mol. The summed E-state index contributed by atoms with van der Waals surface area (Å²) >= 11 is 9.05. The molecule has 280 valence electrons. The molecule has 4 aliphatic rings. The predicted molar refractivity (Wildman–Crippen MR) is 233 cm³/mol. The van der Waals surface area contributed by atoms with Gasteiger partial charge in [-0.2, -0.15) is 0 Å². The average molecular weight is 827 g/mol. The van der Waals surface area contributed by atoms with Crippen molar-refractivity contribution in [2.24, 2.45) is 0 Å². The summed E-state index contributed by atoms with van der Waals surface area (Å²) in [5.74, 6) is 1.66. The van der Waals surface area contributed by atoms with Crippen molar-refractivity contribution in [1.29, 1.82) is 10.5 Å². The molecule has 0 saturated heterocycles. The van der Waals surface area contributed by atoms with Gasteiger partial charge >= 0.3 is 0 Å². The van der Waals surface area contributed by atoms with Crippen molar-refractivity contribution in [3.05, 3.63) is 90.5 Å². The molecule has 0 radical (unpaired) electrons. The van der Waals surface area contributed by atoms with Crippen molar-refractivity contribution < 1.29 is 9.47 Å². The van der Waals surface area contributed by atoms with E-state index in [0.29, 0.717) is 13.2 Å². The predicted octanol–water partition coefficient (Wildman–Crippen LogP) is 14.5. The SMILES string of the molecule is [C-]#[N+]/C(C#N)=C\c1cc(OCC)c(-c2cc3c(s2)-c2sc4c(c2C32CCCCC2)C2(CCCCC2)c2cc(-c3sc(/C=C(\C#N)[N+]#[C-])cc3OCCC)sc2-4)s1. The number of thiophene rings is 5. The number of fused-ring (bicyclic) bond motifs is 11. The minimum Gasteiger partial charge on any atom is -0.492 e. The fourth-order valence-electron chi connectivity index (χ4n) is 9.64. The van der Waals surface area contributed by atoms with Gasteiger partial charge in [0.05, 0.1) is 48.3 Å². The Bertz CT molecular complexity index is 2590. The van der Waals surface area contributed by atoms with E-state index in [2.05, 4.69) is 28.7 Å². The number of allylic oxidation sites excluding steroid dienone is 2. The fraction of sp³-hybridized carbons (Fsp3) is 0.378. The zero-order valence-electron chi connectivity index (χ0n) is 31.3. The molecule has 2 fully saturated rings. The number of hydrogen-bond donors (Lipinski definition) is 0. The van der Waals surface area contributed by atoms with Crippen LogP contribution in [-0.2, 0) is 10.8 Å². The van der Waals surface area contributed by atoms with Gasteiger partial charge in [0.1, 0.15) is 11.5 Å². The van der Waals surface area contributed by atoms with Gasteiger partial charge in [-0.1, -0.05) is 45.4 Å². The molecule has 4 aliphatic carbocycles. The lowest BCUT2D eigenvalue weighted by Gasteiger charge is -2.41. The first-order chi connectivity index (χ1) is 27.4. The number of nitriles is 2. The second-order valence-corrected chi connectivity index (χ2v) is 20.3. The third kappa shape index (κ3) is 5.74. The van der Waals surface area contributed by atoms with Crippen LogP contribution < -0.4 is 9.47 Å². The Morgan fingerprint density at radius 2 is 1.11 bits per heavy atom. The lowest BCUT2D eigenvalue weighted by atomic mass is 9.61. The minimum absolute atomic E-state index is 0.00412. The maximum Gasteiger partial charge on any atom is 0.263 e. The van der Waals surface area contributed by atoms with Crippen LogP contribution in [0.15, 0.2) is 35.7 Å². The van der Waals surface area contributed by atoms with Crippen molar-refractivity contribution in [1.82, 2.24) is 0 Å². The first-order valence-electron chi connectivity index (χ1n) is 19.4. The maximum atomic E-state index is 9.50. The van der Waals surface area contributed by atoms with Crippen molar-refractivity contribution in [2.75, 3.05) is 13.2 Å².